The average molecular weight is 256 g/mol. The first-order valence-electron chi connectivity index (χ1n) is 6.58. The van der Waals surface area contributed by atoms with Gasteiger partial charge in [0, 0.05) is 6.04 Å². The van der Waals surface area contributed by atoms with E-state index in [0.717, 1.165) is 32.1 Å². The van der Waals surface area contributed by atoms with Crippen LogP contribution in [0.3, 0.4) is 0 Å². The van der Waals surface area contributed by atoms with E-state index in [2.05, 4.69) is 26.1 Å². The summed E-state index contributed by atoms with van der Waals surface area (Å²) in [5.41, 5.74) is 5.18. The molecule has 1 amide bonds. The van der Waals surface area contributed by atoms with E-state index in [1.807, 2.05) is 0 Å². The predicted molar refractivity (Wildman–Crippen MR) is 74.7 cm³/mol. The molecule has 1 aliphatic carbocycles. The normalized spacial score (nSPS) is 19.5. The summed E-state index contributed by atoms with van der Waals surface area (Å²) in [5, 5.41) is 3.10. The second kappa shape index (κ2) is 5.80. The maximum atomic E-state index is 12.3. The quantitative estimate of drug-likeness (QED) is 0.717. The van der Waals surface area contributed by atoms with Gasteiger partial charge in [0.1, 0.15) is 0 Å². The second-order valence-corrected chi connectivity index (χ2v) is 5.58. The van der Waals surface area contributed by atoms with Gasteiger partial charge in [0.25, 0.3) is 0 Å². The lowest BCUT2D eigenvalue weighted by Crippen LogP contribution is -2.55. The Labute approximate surface area is 110 Å². The Morgan fingerprint density at radius 3 is 2.24 bits per heavy atom. The molecule has 3 N–H and O–H groups in total. The molecule has 1 atom stereocenters. The van der Waals surface area contributed by atoms with Gasteiger partial charge in [-0.3, -0.25) is 4.79 Å². The minimum Gasteiger partial charge on any atom is -0.392 e. The van der Waals surface area contributed by atoms with Crippen molar-refractivity contribution in [3.8, 4) is 0 Å². The smallest absolute Gasteiger partial charge is 0.233 e. The van der Waals surface area contributed by atoms with E-state index in [-0.39, 0.29) is 11.9 Å². The van der Waals surface area contributed by atoms with Crippen molar-refractivity contribution in [2.45, 2.75) is 58.9 Å². The highest BCUT2D eigenvalue weighted by Crippen LogP contribution is 2.41. The number of carbonyl (C=O) groups is 1. The number of thiocarbonyl (C=S) groups is 1. The number of hydrogen-bond acceptors (Lipinski definition) is 2. The van der Waals surface area contributed by atoms with Crippen LogP contribution in [-0.2, 0) is 4.79 Å². The topological polar surface area (TPSA) is 55.1 Å². The largest absolute Gasteiger partial charge is 0.392 e. The van der Waals surface area contributed by atoms with E-state index >= 15 is 0 Å². The summed E-state index contributed by atoms with van der Waals surface area (Å²) in [6.07, 6.45) is 4.83. The SMILES string of the molecule is CCC(CC)C(C)NC(=O)C1(C(N)=S)CCC1. The number of carbonyl (C=O) groups excluding carboxylic acids is 1. The Morgan fingerprint density at radius 1 is 1.41 bits per heavy atom. The third kappa shape index (κ3) is 2.79. The van der Waals surface area contributed by atoms with E-state index in [9.17, 15) is 4.79 Å². The van der Waals surface area contributed by atoms with Crippen molar-refractivity contribution in [2.75, 3.05) is 0 Å². The van der Waals surface area contributed by atoms with Crippen LogP contribution in [0.4, 0.5) is 0 Å². The summed E-state index contributed by atoms with van der Waals surface area (Å²) in [7, 11) is 0. The molecule has 17 heavy (non-hydrogen) atoms. The fourth-order valence-corrected chi connectivity index (χ4v) is 2.87. The van der Waals surface area contributed by atoms with Gasteiger partial charge < -0.3 is 11.1 Å². The van der Waals surface area contributed by atoms with Crippen molar-refractivity contribution in [1.82, 2.24) is 5.32 Å². The highest BCUT2D eigenvalue weighted by molar-refractivity contribution is 7.80. The summed E-state index contributed by atoms with van der Waals surface area (Å²) in [6, 6.07) is 0.198. The standard InChI is InChI=1S/C13H24N2OS/c1-4-10(5-2)9(3)15-12(16)13(11(14)17)7-6-8-13/h9-10H,4-8H2,1-3H3,(H2,14,17)(H,15,16). The van der Waals surface area contributed by atoms with E-state index < -0.39 is 5.41 Å². The number of amides is 1. The highest BCUT2D eigenvalue weighted by atomic mass is 32.1. The Morgan fingerprint density at radius 2 is 1.94 bits per heavy atom. The maximum absolute atomic E-state index is 12.3. The van der Waals surface area contributed by atoms with Crippen LogP contribution in [0.15, 0.2) is 0 Å². The molecule has 0 saturated heterocycles. The van der Waals surface area contributed by atoms with Crippen LogP contribution in [0.25, 0.3) is 0 Å². The van der Waals surface area contributed by atoms with Crippen LogP contribution in [0.5, 0.6) is 0 Å². The van der Waals surface area contributed by atoms with E-state index in [0.29, 0.717) is 10.9 Å². The van der Waals surface area contributed by atoms with Gasteiger partial charge in [0.05, 0.1) is 10.4 Å². The van der Waals surface area contributed by atoms with Crippen molar-refractivity contribution in [3.63, 3.8) is 0 Å². The summed E-state index contributed by atoms with van der Waals surface area (Å²) in [5.74, 6) is 0.568. The third-order valence-electron chi connectivity index (χ3n) is 4.23. The summed E-state index contributed by atoms with van der Waals surface area (Å²) in [4.78, 5) is 12.6. The van der Waals surface area contributed by atoms with Gasteiger partial charge in [-0.25, -0.2) is 0 Å². The molecule has 0 spiro atoms. The Hall–Kier alpha value is -0.640. The van der Waals surface area contributed by atoms with Gasteiger partial charge in [-0.2, -0.15) is 0 Å². The van der Waals surface area contributed by atoms with Crippen molar-refractivity contribution in [1.29, 1.82) is 0 Å². The molecule has 0 radical (unpaired) electrons. The number of nitrogens with one attached hydrogen (secondary N) is 1. The molecule has 0 heterocycles. The van der Waals surface area contributed by atoms with Gasteiger partial charge in [0.15, 0.2) is 0 Å². The molecular weight excluding hydrogens is 232 g/mol. The van der Waals surface area contributed by atoms with E-state index in [4.69, 9.17) is 18.0 Å². The van der Waals surface area contributed by atoms with Gasteiger partial charge in [0.2, 0.25) is 5.91 Å². The van der Waals surface area contributed by atoms with Crippen molar-refractivity contribution in [2.24, 2.45) is 17.1 Å². The molecule has 1 rings (SSSR count). The molecule has 0 aliphatic heterocycles. The monoisotopic (exact) mass is 256 g/mol. The molecule has 98 valence electrons. The zero-order valence-electron chi connectivity index (χ0n) is 11.1. The third-order valence-corrected chi connectivity index (χ3v) is 4.62. The first kappa shape index (κ1) is 14.4. The van der Waals surface area contributed by atoms with Gasteiger partial charge >= 0.3 is 0 Å². The lowest BCUT2D eigenvalue weighted by atomic mass is 9.68. The van der Waals surface area contributed by atoms with Crippen LogP contribution < -0.4 is 11.1 Å². The van der Waals surface area contributed by atoms with Crippen molar-refractivity contribution >= 4 is 23.1 Å². The van der Waals surface area contributed by atoms with Crippen LogP contribution in [0, 0.1) is 11.3 Å². The van der Waals surface area contributed by atoms with Crippen molar-refractivity contribution in [3.05, 3.63) is 0 Å². The number of hydrogen-bond donors (Lipinski definition) is 2. The molecule has 0 aromatic carbocycles. The van der Waals surface area contributed by atoms with E-state index in [1.54, 1.807) is 0 Å². The second-order valence-electron chi connectivity index (χ2n) is 5.14. The van der Waals surface area contributed by atoms with Gasteiger partial charge in [-0.1, -0.05) is 45.3 Å². The van der Waals surface area contributed by atoms with Crippen LogP contribution in [0.2, 0.25) is 0 Å². The fourth-order valence-electron chi connectivity index (χ4n) is 2.57. The highest BCUT2D eigenvalue weighted by Gasteiger charge is 2.47. The van der Waals surface area contributed by atoms with Crippen molar-refractivity contribution < 1.29 is 4.79 Å². The molecule has 1 aliphatic rings. The number of nitrogens with two attached hydrogens (primary N) is 1. The predicted octanol–water partition coefficient (Wildman–Crippen LogP) is 2.38. The summed E-state index contributed by atoms with van der Waals surface area (Å²) >= 11 is 5.05. The van der Waals surface area contributed by atoms with E-state index in [1.165, 1.54) is 0 Å². The van der Waals surface area contributed by atoms with Gasteiger partial charge in [-0.15, -0.1) is 0 Å². The first-order chi connectivity index (χ1) is 7.97. The summed E-state index contributed by atoms with van der Waals surface area (Å²) in [6.45, 7) is 6.38. The Kier molecular flexibility index (Phi) is 4.92. The van der Waals surface area contributed by atoms with Gasteiger partial charge in [-0.05, 0) is 25.7 Å². The molecule has 0 aromatic heterocycles. The molecule has 1 fully saturated rings. The van der Waals surface area contributed by atoms with Crippen LogP contribution >= 0.6 is 12.2 Å². The maximum Gasteiger partial charge on any atom is 0.233 e. The Bertz CT molecular complexity index is 296. The zero-order chi connectivity index (χ0) is 13.1. The molecular formula is C13H24N2OS. The Balaban J connectivity index is 2.62. The fraction of sp³-hybridized carbons (Fsp3) is 0.846. The average Bonchev–Trinajstić information content (AvgIpc) is 2.16. The van der Waals surface area contributed by atoms with Crippen LogP contribution in [-0.4, -0.2) is 16.9 Å². The lowest BCUT2D eigenvalue weighted by Gasteiger charge is -2.40. The molecule has 3 nitrogen and oxygen atoms in total. The first-order valence-corrected chi connectivity index (χ1v) is 6.99. The molecule has 1 unspecified atom stereocenters. The molecule has 4 heteroatoms. The number of rotatable bonds is 6. The lowest BCUT2D eigenvalue weighted by molar-refractivity contribution is -0.131. The van der Waals surface area contributed by atoms with Crippen LogP contribution in [0.1, 0.15) is 52.9 Å². The minimum atomic E-state index is -0.546. The summed E-state index contributed by atoms with van der Waals surface area (Å²) < 4.78 is 0. The molecule has 0 aromatic rings. The zero-order valence-corrected chi connectivity index (χ0v) is 11.9. The molecule has 0 bridgehead atoms. The minimum absolute atomic E-state index is 0.0376. The molecule has 1 saturated carbocycles.